The Morgan fingerprint density at radius 1 is 1.10 bits per heavy atom. The molecule has 3 aromatic rings. The van der Waals surface area contributed by atoms with Crippen molar-refractivity contribution in [3.05, 3.63) is 47.6 Å². The van der Waals surface area contributed by atoms with Gasteiger partial charge in [0, 0.05) is 11.1 Å². The highest BCUT2D eigenvalue weighted by Gasteiger charge is 2.27. The molecule has 3 rings (SSSR count). The molecule has 0 spiro atoms. The molecule has 2 aromatic heterocycles. The van der Waals surface area contributed by atoms with Gasteiger partial charge in [-0.25, -0.2) is 4.39 Å². The number of benzene rings is 1. The van der Waals surface area contributed by atoms with Crippen molar-refractivity contribution >= 4 is 11.8 Å². The van der Waals surface area contributed by atoms with Crippen molar-refractivity contribution in [2.24, 2.45) is 0 Å². The fraction of sp³-hybridized carbons (Fsp3) is 0.500. The quantitative estimate of drug-likeness (QED) is 0.543. The second-order valence-electron chi connectivity index (χ2n) is 8.26. The van der Waals surface area contributed by atoms with E-state index in [1.165, 1.54) is 23.9 Å². The molecule has 0 unspecified atom stereocenters. The van der Waals surface area contributed by atoms with E-state index in [-0.39, 0.29) is 22.5 Å². The van der Waals surface area contributed by atoms with Gasteiger partial charge in [-0.3, -0.25) is 9.47 Å². The van der Waals surface area contributed by atoms with Crippen LogP contribution in [0.15, 0.2) is 33.9 Å². The number of hydrogen-bond acceptors (Lipinski definition) is 7. The normalized spacial score (nSPS) is 14.4. The predicted molar refractivity (Wildman–Crippen MR) is 111 cm³/mol. The van der Waals surface area contributed by atoms with Crippen LogP contribution in [-0.4, -0.2) is 43.9 Å². The molecule has 9 heteroatoms. The summed E-state index contributed by atoms with van der Waals surface area (Å²) in [7, 11) is 3.96. The van der Waals surface area contributed by atoms with Gasteiger partial charge in [-0.15, -0.1) is 10.2 Å². The number of nitrogens with zero attached hydrogens (tertiary/aromatic N) is 6. The highest BCUT2D eigenvalue weighted by atomic mass is 32.2. The Labute approximate surface area is 174 Å². The molecule has 0 amide bonds. The Hall–Kier alpha value is -2.26. The highest BCUT2D eigenvalue weighted by molar-refractivity contribution is 7.99. The minimum absolute atomic E-state index is 0.0214. The van der Waals surface area contributed by atoms with Crippen molar-refractivity contribution in [2.45, 2.75) is 56.5 Å². The summed E-state index contributed by atoms with van der Waals surface area (Å²) in [6, 6.07) is 6.34. The number of halogens is 1. The van der Waals surface area contributed by atoms with Crippen LogP contribution in [0.2, 0.25) is 0 Å². The van der Waals surface area contributed by atoms with Crippen molar-refractivity contribution in [2.75, 3.05) is 14.1 Å². The van der Waals surface area contributed by atoms with Gasteiger partial charge in [0.2, 0.25) is 5.89 Å². The second kappa shape index (κ2) is 8.23. The molecule has 0 radical (unpaired) electrons. The molecule has 2 atom stereocenters. The third kappa shape index (κ3) is 4.67. The molecule has 0 saturated carbocycles. The molecule has 29 heavy (non-hydrogen) atoms. The SMILES string of the molecule is C[C@H](c1nnc(S[C@H](C)c2nc(C(C)(C)C)no2)n1-c1ccc(F)cc1)N(C)C. The van der Waals surface area contributed by atoms with Gasteiger partial charge in [-0.05, 0) is 52.2 Å². The lowest BCUT2D eigenvalue weighted by atomic mass is 9.96. The van der Waals surface area contributed by atoms with Gasteiger partial charge in [0.25, 0.3) is 0 Å². The van der Waals surface area contributed by atoms with Crippen LogP contribution in [0.3, 0.4) is 0 Å². The van der Waals surface area contributed by atoms with E-state index in [2.05, 4.69) is 32.2 Å². The summed E-state index contributed by atoms with van der Waals surface area (Å²) in [4.78, 5) is 6.60. The van der Waals surface area contributed by atoms with Crippen molar-refractivity contribution in [1.29, 1.82) is 0 Å². The van der Waals surface area contributed by atoms with Crippen molar-refractivity contribution in [3.8, 4) is 5.69 Å². The van der Waals surface area contributed by atoms with E-state index in [0.29, 0.717) is 16.9 Å². The molecule has 0 aliphatic rings. The predicted octanol–water partition coefficient (Wildman–Crippen LogP) is 4.56. The third-order valence-electron chi connectivity index (χ3n) is 4.63. The summed E-state index contributed by atoms with van der Waals surface area (Å²) in [5.74, 6) is 1.70. The van der Waals surface area contributed by atoms with Crippen LogP contribution >= 0.6 is 11.8 Å². The zero-order chi connectivity index (χ0) is 21.3. The van der Waals surface area contributed by atoms with Crippen LogP contribution in [0.5, 0.6) is 0 Å². The maximum atomic E-state index is 13.5. The molecular weight excluding hydrogens is 391 g/mol. The topological polar surface area (TPSA) is 72.9 Å². The van der Waals surface area contributed by atoms with Gasteiger partial charge in [0.05, 0.1) is 11.3 Å². The Morgan fingerprint density at radius 2 is 1.76 bits per heavy atom. The Balaban J connectivity index is 1.96. The lowest BCUT2D eigenvalue weighted by Gasteiger charge is -2.20. The van der Waals surface area contributed by atoms with Gasteiger partial charge in [0.1, 0.15) is 5.82 Å². The van der Waals surface area contributed by atoms with Crippen LogP contribution in [0.4, 0.5) is 4.39 Å². The fourth-order valence-electron chi connectivity index (χ4n) is 2.61. The van der Waals surface area contributed by atoms with Crippen LogP contribution in [0.1, 0.15) is 63.4 Å². The molecule has 0 bridgehead atoms. The van der Waals surface area contributed by atoms with Crippen molar-refractivity contribution in [3.63, 3.8) is 0 Å². The molecule has 0 N–H and O–H groups in total. The van der Waals surface area contributed by atoms with E-state index in [0.717, 1.165) is 11.5 Å². The zero-order valence-electron chi connectivity index (χ0n) is 17.8. The van der Waals surface area contributed by atoms with Crippen molar-refractivity contribution in [1.82, 2.24) is 29.8 Å². The first-order valence-corrected chi connectivity index (χ1v) is 10.3. The summed E-state index contributed by atoms with van der Waals surface area (Å²) in [5.41, 5.74) is 0.616. The summed E-state index contributed by atoms with van der Waals surface area (Å²) in [5, 5.41) is 13.5. The molecule has 0 aliphatic carbocycles. The van der Waals surface area contributed by atoms with Gasteiger partial charge < -0.3 is 4.52 Å². The highest BCUT2D eigenvalue weighted by Crippen LogP contribution is 2.36. The Bertz CT molecular complexity index is 960. The largest absolute Gasteiger partial charge is 0.338 e. The molecule has 156 valence electrons. The lowest BCUT2D eigenvalue weighted by molar-refractivity contribution is 0.305. The molecule has 2 heterocycles. The molecule has 7 nitrogen and oxygen atoms in total. The van der Waals surface area contributed by atoms with Crippen LogP contribution in [-0.2, 0) is 5.41 Å². The summed E-state index contributed by atoms with van der Waals surface area (Å²) in [6.45, 7) is 10.2. The van der Waals surface area contributed by atoms with E-state index in [9.17, 15) is 4.39 Å². The van der Waals surface area contributed by atoms with Crippen molar-refractivity contribution < 1.29 is 8.91 Å². The average molecular weight is 419 g/mol. The first-order valence-electron chi connectivity index (χ1n) is 9.46. The first kappa shape index (κ1) is 21.4. The van der Waals surface area contributed by atoms with Crippen LogP contribution in [0.25, 0.3) is 5.69 Å². The van der Waals surface area contributed by atoms with E-state index >= 15 is 0 Å². The second-order valence-corrected chi connectivity index (χ2v) is 9.57. The van der Waals surface area contributed by atoms with E-state index < -0.39 is 0 Å². The Morgan fingerprint density at radius 3 is 2.31 bits per heavy atom. The van der Waals surface area contributed by atoms with E-state index in [1.54, 1.807) is 12.1 Å². The maximum absolute atomic E-state index is 13.5. The summed E-state index contributed by atoms with van der Waals surface area (Å²) < 4.78 is 20.9. The lowest BCUT2D eigenvalue weighted by Crippen LogP contribution is -2.20. The average Bonchev–Trinajstić information content (AvgIpc) is 3.29. The number of hydrogen-bond donors (Lipinski definition) is 0. The minimum atomic E-state index is -0.285. The molecule has 0 fully saturated rings. The van der Waals surface area contributed by atoms with E-state index in [1.807, 2.05) is 46.4 Å². The van der Waals surface area contributed by atoms with Gasteiger partial charge in [0.15, 0.2) is 16.8 Å². The first-order chi connectivity index (χ1) is 13.6. The molecule has 0 aliphatic heterocycles. The monoisotopic (exact) mass is 418 g/mol. The summed E-state index contributed by atoms with van der Waals surface area (Å²) in [6.07, 6.45) is 0. The molecule has 0 saturated heterocycles. The number of aromatic nitrogens is 5. The minimum Gasteiger partial charge on any atom is -0.338 e. The smallest absolute Gasteiger partial charge is 0.239 e. The van der Waals surface area contributed by atoms with Crippen LogP contribution < -0.4 is 0 Å². The molecule has 1 aromatic carbocycles. The van der Waals surface area contributed by atoms with Gasteiger partial charge in [-0.1, -0.05) is 37.7 Å². The maximum Gasteiger partial charge on any atom is 0.239 e. The summed E-state index contributed by atoms with van der Waals surface area (Å²) >= 11 is 1.48. The van der Waals surface area contributed by atoms with Gasteiger partial charge in [-0.2, -0.15) is 4.98 Å². The number of thioether (sulfide) groups is 1. The fourth-order valence-corrected chi connectivity index (χ4v) is 3.51. The Kier molecular flexibility index (Phi) is 6.09. The zero-order valence-corrected chi connectivity index (χ0v) is 18.7. The van der Waals surface area contributed by atoms with Gasteiger partial charge >= 0.3 is 0 Å². The van der Waals surface area contributed by atoms with E-state index in [4.69, 9.17) is 4.52 Å². The van der Waals surface area contributed by atoms with Crippen LogP contribution in [0, 0.1) is 5.82 Å². The number of rotatable bonds is 6. The standard InChI is InChI=1S/C20H27FN6OS/c1-12(26(6)7)16-23-24-19(27(16)15-10-8-14(21)9-11-15)29-13(2)17-22-18(25-28-17)20(3,4)5/h8-13H,1-7H3/t12-,13-/m1/s1. The molecular formula is C20H27FN6OS. The third-order valence-corrected chi connectivity index (χ3v) is 5.66.